The van der Waals surface area contributed by atoms with Crippen molar-refractivity contribution >= 4 is 35.0 Å². The van der Waals surface area contributed by atoms with E-state index in [0.717, 1.165) is 23.5 Å². The molecule has 10 heteroatoms. The lowest BCUT2D eigenvalue weighted by Crippen LogP contribution is -2.34. The molecule has 1 aliphatic rings. The van der Waals surface area contributed by atoms with Crippen LogP contribution in [0.2, 0.25) is 0 Å². The number of thioether (sulfide) groups is 1. The topological polar surface area (TPSA) is 76.8 Å². The third-order valence-corrected chi connectivity index (χ3v) is 5.20. The second kappa shape index (κ2) is 9.42. The molecule has 31 heavy (non-hydrogen) atoms. The minimum Gasteiger partial charge on any atom is -0.464 e. The van der Waals surface area contributed by atoms with Gasteiger partial charge in [0.05, 0.1) is 17.1 Å². The molecule has 1 aromatic heterocycles. The molecule has 6 nitrogen and oxygen atoms in total. The van der Waals surface area contributed by atoms with Crippen molar-refractivity contribution in [2.75, 3.05) is 13.2 Å². The first-order valence-electron chi connectivity index (χ1n) is 9.37. The third-order valence-electron chi connectivity index (χ3n) is 4.30. The second-order valence-electron chi connectivity index (χ2n) is 6.62. The van der Waals surface area contributed by atoms with Gasteiger partial charge in [-0.3, -0.25) is 19.3 Å². The highest BCUT2D eigenvalue weighted by Gasteiger charge is 2.37. The fourth-order valence-corrected chi connectivity index (χ4v) is 3.52. The molecule has 0 bridgehead atoms. The van der Waals surface area contributed by atoms with Gasteiger partial charge in [0.15, 0.2) is 0 Å². The summed E-state index contributed by atoms with van der Waals surface area (Å²) in [4.78, 5) is 37.2. The van der Waals surface area contributed by atoms with E-state index >= 15 is 0 Å². The molecule has 1 aromatic carbocycles. The number of imide groups is 1. The fraction of sp³-hybridized carbons (Fsp3) is 0.286. The van der Waals surface area contributed by atoms with Gasteiger partial charge in [-0.25, -0.2) is 0 Å². The van der Waals surface area contributed by atoms with Gasteiger partial charge in [0, 0.05) is 11.6 Å². The standard InChI is InChI=1S/C21H18F3NO5S/c1-2-3-9-29-18(26)12-25-19(27)17(31-20(25)28)11-15-7-8-16(30-15)13-5-4-6-14(10-13)21(22,23)24/h4-8,10-11H,2-3,9,12H2,1H3/b17-11+. The number of esters is 1. The molecular formula is C21H18F3NO5S. The average Bonchev–Trinajstić information content (AvgIpc) is 3.28. The summed E-state index contributed by atoms with van der Waals surface area (Å²) in [6.07, 6.45) is -1.66. The van der Waals surface area contributed by atoms with E-state index in [2.05, 4.69) is 0 Å². The van der Waals surface area contributed by atoms with Gasteiger partial charge in [0.2, 0.25) is 0 Å². The van der Waals surface area contributed by atoms with E-state index in [9.17, 15) is 27.6 Å². The van der Waals surface area contributed by atoms with Gasteiger partial charge in [-0.1, -0.05) is 25.5 Å². The smallest absolute Gasteiger partial charge is 0.416 e. The van der Waals surface area contributed by atoms with E-state index in [1.54, 1.807) is 0 Å². The number of furan rings is 1. The maximum atomic E-state index is 12.9. The zero-order chi connectivity index (χ0) is 22.6. The quantitative estimate of drug-likeness (QED) is 0.320. The summed E-state index contributed by atoms with van der Waals surface area (Å²) in [6.45, 7) is 1.66. The highest BCUT2D eigenvalue weighted by molar-refractivity contribution is 8.18. The predicted octanol–water partition coefficient (Wildman–Crippen LogP) is 5.35. The maximum absolute atomic E-state index is 12.9. The molecule has 0 unspecified atom stereocenters. The third kappa shape index (κ3) is 5.57. The van der Waals surface area contributed by atoms with Crippen molar-refractivity contribution in [2.24, 2.45) is 0 Å². The van der Waals surface area contributed by atoms with Crippen molar-refractivity contribution in [3.8, 4) is 11.3 Å². The van der Waals surface area contributed by atoms with Crippen LogP contribution in [0.5, 0.6) is 0 Å². The lowest BCUT2D eigenvalue weighted by molar-refractivity contribution is -0.146. The zero-order valence-electron chi connectivity index (χ0n) is 16.4. The molecule has 0 radical (unpaired) electrons. The molecule has 2 aromatic rings. The number of ether oxygens (including phenoxy) is 1. The van der Waals surface area contributed by atoms with Crippen molar-refractivity contribution in [1.82, 2.24) is 4.90 Å². The first-order valence-corrected chi connectivity index (χ1v) is 10.2. The van der Waals surface area contributed by atoms with Crippen LogP contribution < -0.4 is 0 Å². The fourth-order valence-electron chi connectivity index (χ4n) is 2.70. The summed E-state index contributed by atoms with van der Waals surface area (Å²) in [7, 11) is 0. The average molecular weight is 453 g/mol. The normalized spacial score (nSPS) is 15.7. The van der Waals surface area contributed by atoms with E-state index in [-0.39, 0.29) is 28.6 Å². The molecule has 3 rings (SSSR count). The molecule has 0 saturated carbocycles. The molecule has 2 amide bonds. The molecular weight excluding hydrogens is 435 g/mol. The van der Waals surface area contributed by atoms with Crippen LogP contribution in [-0.4, -0.2) is 35.2 Å². The Bertz CT molecular complexity index is 1030. The lowest BCUT2D eigenvalue weighted by Gasteiger charge is -2.11. The first-order chi connectivity index (χ1) is 14.7. The number of carbonyl (C=O) groups is 3. The van der Waals surface area contributed by atoms with E-state index < -0.39 is 35.4 Å². The Labute approximate surface area is 180 Å². The molecule has 1 aliphatic heterocycles. The van der Waals surface area contributed by atoms with Crippen LogP contribution in [0.1, 0.15) is 31.1 Å². The number of halogens is 3. The predicted molar refractivity (Wildman–Crippen MR) is 108 cm³/mol. The molecule has 1 saturated heterocycles. The van der Waals surface area contributed by atoms with Crippen molar-refractivity contribution in [3.05, 3.63) is 52.6 Å². The van der Waals surface area contributed by atoms with Gasteiger partial charge in [-0.05, 0) is 42.4 Å². The Kier molecular flexibility index (Phi) is 6.89. The van der Waals surface area contributed by atoms with E-state index in [0.29, 0.717) is 18.2 Å². The molecule has 2 heterocycles. The van der Waals surface area contributed by atoms with Gasteiger partial charge < -0.3 is 9.15 Å². The van der Waals surface area contributed by atoms with Crippen molar-refractivity contribution < 1.29 is 36.7 Å². The van der Waals surface area contributed by atoms with Crippen LogP contribution in [0.15, 0.2) is 45.7 Å². The number of nitrogens with zero attached hydrogens (tertiary/aromatic N) is 1. The van der Waals surface area contributed by atoms with Crippen LogP contribution in [0.4, 0.5) is 18.0 Å². The molecule has 0 aliphatic carbocycles. The van der Waals surface area contributed by atoms with Gasteiger partial charge in [-0.2, -0.15) is 13.2 Å². The highest BCUT2D eigenvalue weighted by Crippen LogP contribution is 2.35. The number of amides is 2. The van der Waals surface area contributed by atoms with Gasteiger partial charge in [0.25, 0.3) is 11.1 Å². The number of hydrogen-bond acceptors (Lipinski definition) is 6. The maximum Gasteiger partial charge on any atom is 0.416 e. The molecule has 164 valence electrons. The van der Waals surface area contributed by atoms with Gasteiger partial charge in [0.1, 0.15) is 18.1 Å². The van der Waals surface area contributed by atoms with Crippen LogP contribution >= 0.6 is 11.8 Å². The molecule has 1 fully saturated rings. The van der Waals surface area contributed by atoms with Crippen molar-refractivity contribution in [3.63, 3.8) is 0 Å². The first kappa shape index (κ1) is 22.7. The summed E-state index contributed by atoms with van der Waals surface area (Å²) in [5, 5.41) is -0.617. The van der Waals surface area contributed by atoms with Crippen LogP contribution in [0, 0.1) is 0 Å². The van der Waals surface area contributed by atoms with E-state index in [4.69, 9.17) is 9.15 Å². The summed E-state index contributed by atoms with van der Waals surface area (Å²) < 4.78 is 49.2. The summed E-state index contributed by atoms with van der Waals surface area (Å²) >= 11 is 0.640. The summed E-state index contributed by atoms with van der Waals surface area (Å²) in [5.41, 5.74) is -0.590. The highest BCUT2D eigenvalue weighted by atomic mass is 32.2. The Morgan fingerprint density at radius 3 is 2.71 bits per heavy atom. The lowest BCUT2D eigenvalue weighted by atomic mass is 10.1. The minimum absolute atomic E-state index is 0.0382. The van der Waals surface area contributed by atoms with Gasteiger partial charge >= 0.3 is 12.1 Å². The number of unbranched alkanes of at least 4 members (excludes halogenated alkanes) is 1. The SMILES string of the molecule is CCCCOC(=O)CN1C(=O)S/C(=C/c2ccc(-c3cccc(C(F)(F)F)c3)o2)C1=O. The van der Waals surface area contributed by atoms with Crippen molar-refractivity contribution in [1.29, 1.82) is 0 Å². The van der Waals surface area contributed by atoms with Crippen LogP contribution in [-0.2, 0) is 20.5 Å². The number of carbonyl (C=O) groups excluding carboxylic acids is 3. The number of hydrogen-bond donors (Lipinski definition) is 0. The van der Waals surface area contributed by atoms with Crippen molar-refractivity contribution in [2.45, 2.75) is 25.9 Å². The largest absolute Gasteiger partial charge is 0.464 e. The summed E-state index contributed by atoms with van der Waals surface area (Å²) in [5.74, 6) is -0.985. The monoisotopic (exact) mass is 453 g/mol. The van der Waals surface area contributed by atoms with Crippen LogP contribution in [0.3, 0.4) is 0 Å². The van der Waals surface area contributed by atoms with E-state index in [1.165, 1.54) is 30.3 Å². The van der Waals surface area contributed by atoms with Crippen LogP contribution in [0.25, 0.3) is 17.4 Å². The number of benzene rings is 1. The number of alkyl halides is 3. The Balaban J connectivity index is 1.72. The molecule has 0 atom stereocenters. The second-order valence-corrected chi connectivity index (χ2v) is 7.62. The Morgan fingerprint density at radius 1 is 1.23 bits per heavy atom. The summed E-state index contributed by atoms with van der Waals surface area (Å²) in [6, 6.07) is 7.59. The minimum atomic E-state index is -4.48. The number of rotatable bonds is 7. The molecule has 0 N–H and O–H groups in total. The zero-order valence-corrected chi connectivity index (χ0v) is 17.2. The Morgan fingerprint density at radius 2 is 2.00 bits per heavy atom. The van der Waals surface area contributed by atoms with Gasteiger partial charge in [-0.15, -0.1) is 0 Å². The molecule has 0 spiro atoms. The Hall–Kier alpha value is -3.01. The van der Waals surface area contributed by atoms with E-state index in [1.807, 2.05) is 6.92 Å².